The van der Waals surface area contributed by atoms with Crippen LogP contribution in [0.25, 0.3) is 0 Å². The molecule has 150 valence electrons. The number of imide groups is 1. The number of urea groups is 1. The molecule has 0 bridgehead atoms. The number of hydrogen-bond acceptors (Lipinski definition) is 5. The van der Waals surface area contributed by atoms with Gasteiger partial charge in [-0.15, -0.1) is 0 Å². The van der Waals surface area contributed by atoms with Crippen LogP contribution in [0.5, 0.6) is 0 Å². The average molecular weight is 406 g/mol. The Kier molecular flexibility index (Phi) is 4.84. The summed E-state index contributed by atoms with van der Waals surface area (Å²) in [6, 6.07) is 5.23. The Morgan fingerprint density at radius 1 is 1.04 bits per heavy atom. The fourth-order valence-electron chi connectivity index (χ4n) is 3.97. The van der Waals surface area contributed by atoms with Crippen LogP contribution in [0.4, 0.5) is 4.79 Å². The Balaban J connectivity index is 1.44. The van der Waals surface area contributed by atoms with Gasteiger partial charge in [0.15, 0.2) is 0 Å². The molecule has 1 N–H and O–H groups in total. The van der Waals surface area contributed by atoms with Crippen LogP contribution in [0.15, 0.2) is 29.2 Å². The SMILES string of the molecule is O=C(c1ccc(S(=O)(=O)N2CCCC2)cc1)N1CCC(N2C(=O)CNC2=O)C1. The van der Waals surface area contributed by atoms with E-state index in [1.54, 1.807) is 4.90 Å². The largest absolute Gasteiger partial charge is 0.336 e. The molecule has 1 aromatic rings. The van der Waals surface area contributed by atoms with Gasteiger partial charge in [-0.1, -0.05) is 0 Å². The Hall–Kier alpha value is -2.46. The van der Waals surface area contributed by atoms with Crippen molar-refractivity contribution in [3.63, 3.8) is 0 Å². The first-order valence-corrected chi connectivity index (χ1v) is 10.8. The zero-order valence-corrected chi connectivity index (χ0v) is 16.2. The molecule has 1 atom stereocenters. The summed E-state index contributed by atoms with van der Waals surface area (Å²) in [6.45, 7) is 1.78. The van der Waals surface area contributed by atoms with Crippen LogP contribution in [-0.2, 0) is 14.8 Å². The fraction of sp³-hybridized carbons (Fsp3) is 0.500. The molecular formula is C18H22N4O5S. The molecule has 4 amide bonds. The second-order valence-corrected chi connectivity index (χ2v) is 9.19. The topological polar surface area (TPSA) is 107 Å². The minimum Gasteiger partial charge on any atom is -0.336 e. The highest BCUT2D eigenvalue weighted by molar-refractivity contribution is 7.89. The maximum Gasteiger partial charge on any atom is 0.324 e. The van der Waals surface area contributed by atoms with E-state index >= 15 is 0 Å². The minimum absolute atomic E-state index is 0.00374. The van der Waals surface area contributed by atoms with Gasteiger partial charge in [0.1, 0.15) is 0 Å². The lowest BCUT2D eigenvalue weighted by atomic mass is 10.2. The van der Waals surface area contributed by atoms with E-state index in [1.165, 1.54) is 33.5 Å². The Bertz CT molecular complexity index is 892. The molecule has 4 rings (SSSR count). The van der Waals surface area contributed by atoms with E-state index in [-0.39, 0.29) is 35.8 Å². The van der Waals surface area contributed by atoms with E-state index < -0.39 is 16.1 Å². The summed E-state index contributed by atoms with van der Waals surface area (Å²) in [4.78, 5) is 39.3. The number of nitrogens with zero attached hydrogens (tertiary/aromatic N) is 3. The molecule has 10 heteroatoms. The third-order valence-corrected chi connectivity index (χ3v) is 7.41. The van der Waals surface area contributed by atoms with Gasteiger partial charge in [0.25, 0.3) is 5.91 Å². The summed E-state index contributed by atoms with van der Waals surface area (Å²) in [5.41, 5.74) is 0.387. The van der Waals surface area contributed by atoms with Crippen LogP contribution < -0.4 is 5.32 Å². The number of carbonyl (C=O) groups excluding carboxylic acids is 3. The molecule has 0 aromatic heterocycles. The van der Waals surface area contributed by atoms with Crippen LogP contribution in [0.2, 0.25) is 0 Å². The zero-order chi connectivity index (χ0) is 19.9. The molecule has 3 heterocycles. The third-order valence-electron chi connectivity index (χ3n) is 5.50. The summed E-state index contributed by atoms with van der Waals surface area (Å²) >= 11 is 0. The van der Waals surface area contributed by atoms with Gasteiger partial charge in [-0.25, -0.2) is 13.2 Å². The average Bonchev–Trinajstić information content (AvgIpc) is 3.43. The zero-order valence-electron chi connectivity index (χ0n) is 15.3. The second-order valence-electron chi connectivity index (χ2n) is 7.25. The van der Waals surface area contributed by atoms with Gasteiger partial charge in [0.05, 0.1) is 17.5 Å². The molecular weight excluding hydrogens is 384 g/mol. The Morgan fingerprint density at radius 2 is 1.71 bits per heavy atom. The highest BCUT2D eigenvalue weighted by Crippen LogP contribution is 2.23. The van der Waals surface area contributed by atoms with Gasteiger partial charge >= 0.3 is 6.03 Å². The smallest absolute Gasteiger partial charge is 0.324 e. The molecule has 0 radical (unpaired) electrons. The summed E-state index contributed by atoms with van der Waals surface area (Å²) in [6.07, 6.45) is 2.26. The third kappa shape index (κ3) is 3.26. The van der Waals surface area contributed by atoms with Crippen LogP contribution in [0.3, 0.4) is 0 Å². The normalized spacial score (nSPS) is 23.5. The molecule has 0 saturated carbocycles. The van der Waals surface area contributed by atoms with Crippen molar-refractivity contribution in [1.29, 1.82) is 0 Å². The molecule has 3 fully saturated rings. The molecule has 3 aliphatic heterocycles. The first-order valence-electron chi connectivity index (χ1n) is 9.37. The van der Waals surface area contributed by atoms with Crippen molar-refractivity contribution in [2.24, 2.45) is 0 Å². The number of likely N-dealkylation sites (tertiary alicyclic amines) is 1. The van der Waals surface area contributed by atoms with Gasteiger partial charge in [0.2, 0.25) is 15.9 Å². The van der Waals surface area contributed by atoms with Crippen molar-refractivity contribution in [2.75, 3.05) is 32.7 Å². The number of nitrogens with one attached hydrogen (secondary N) is 1. The van der Waals surface area contributed by atoms with Crippen molar-refractivity contribution in [2.45, 2.75) is 30.2 Å². The van der Waals surface area contributed by atoms with E-state index in [1.807, 2.05) is 0 Å². The first-order chi connectivity index (χ1) is 13.4. The van der Waals surface area contributed by atoms with E-state index in [2.05, 4.69) is 5.32 Å². The predicted molar refractivity (Wildman–Crippen MR) is 99.0 cm³/mol. The standard InChI is InChI=1S/C18H22N4O5S/c23-16-11-19-18(25)22(16)14-7-10-20(12-14)17(24)13-3-5-15(6-4-13)28(26,27)21-8-1-2-9-21/h3-6,14H,1-2,7-12H2,(H,19,25). The lowest BCUT2D eigenvalue weighted by Gasteiger charge is -2.21. The lowest BCUT2D eigenvalue weighted by molar-refractivity contribution is -0.126. The monoisotopic (exact) mass is 406 g/mol. The van der Waals surface area contributed by atoms with Crippen molar-refractivity contribution < 1.29 is 22.8 Å². The quantitative estimate of drug-likeness (QED) is 0.721. The molecule has 3 aliphatic rings. The minimum atomic E-state index is -3.51. The number of sulfonamides is 1. The summed E-state index contributed by atoms with van der Waals surface area (Å²) in [5.74, 6) is -0.513. The van der Waals surface area contributed by atoms with Crippen molar-refractivity contribution in [1.82, 2.24) is 19.4 Å². The molecule has 1 unspecified atom stereocenters. The fourth-order valence-corrected chi connectivity index (χ4v) is 5.49. The number of benzene rings is 1. The van der Waals surface area contributed by atoms with Gasteiger partial charge in [-0.3, -0.25) is 14.5 Å². The summed E-state index contributed by atoms with van der Waals surface area (Å²) in [7, 11) is -3.51. The molecule has 1 aromatic carbocycles. The second kappa shape index (κ2) is 7.17. The Labute approximate surface area is 163 Å². The van der Waals surface area contributed by atoms with Crippen LogP contribution >= 0.6 is 0 Å². The lowest BCUT2D eigenvalue weighted by Crippen LogP contribution is -2.42. The van der Waals surface area contributed by atoms with Crippen molar-refractivity contribution >= 4 is 27.9 Å². The summed E-state index contributed by atoms with van der Waals surface area (Å²) < 4.78 is 26.6. The van der Waals surface area contributed by atoms with Crippen LogP contribution in [-0.4, -0.2) is 79.1 Å². The van der Waals surface area contributed by atoms with Gasteiger partial charge in [-0.05, 0) is 43.5 Å². The molecule has 0 aliphatic carbocycles. The number of carbonyl (C=O) groups is 3. The van der Waals surface area contributed by atoms with Crippen molar-refractivity contribution in [3.05, 3.63) is 29.8 Å². The summed E-state index contributed by atoms with van der Waals surface area (Å²) in [5, 5.41) is 2.49. The van der Waals surface area contributed by atoms with E-state index in [4.69, 9.17) is 0 Å². The molecule has 0 spiro atoms. The van der Waals surface area contributed by atoms with Gasteiger partial charge in [0, 0.05) is 31.7 Å². The predicted octanol–water partition coefficient (Wildman–Crippen LogP) is 0.237. The molecule has 3 saturated heterocycles. The first kappa shape index (κ1) is 18.9. The number of amides is 4. The number of hydrogen-bond donors (Lipinski definition) is 1. The van der Waals surface area contributed by atoms with E-state index in [0.29, 0.717) is 31.6 Å². The number of rotatable bonds is 4. The van der Waals surface area contributed by atoms with Gasteiger partial charge < -0.3 is 10.2 Å². The maximum absolute atomic E-state index is 12.7. The van der Waals surface area contributed by atoms with E-state index in [9.17, 15) is 22.8 Å². The van der Waals surface area contributed by atoms with Crippen LogP contribution in [0, 0.1) is 0 Å². The Morgan fingerprint density at radius 3 is 2.32 bits per heavy atom. The molecule has 28 heavy (non-hydrogen) atoms. The highest BCUT2D eigenvalue weighted by Gasteiger charge is 2.39. The van der Waals surface area contributed by atoms with Gasteiger partial charge in [-0.2, -0.15) is 4.31 Å². The van der Waals surface area contributed by atoms with Crippen molar-refractivity contribution in [3.8, 4) is 0 Å². The molecule has 9 nitrogen and oxygen atoms in total. The highest BCUT2D eigenvalue weighted by atomic mass is 32.2. The maximum atomic E-state index is 12.7. The van der Waals surface area contributed by atoms with E-state index in [0.717, 1.165) is 12.8 Å². The van der Waals surface area contributed by atoms with Crippen LogP contribution in [0.1, 0.15) is 29.6 Å².